The van der Waals surface area contributed by atoms with Crippen LogP contribution in [0.4, 0.5) is 0 Å². The van der Waals surface area contributed by atoms with Crippen molar-refractivity contribution in [1.29, 1.82) is 0 Å². The van der Waals surface area contributed by atoms with Crippen LogP contribution in [0.1, 0.15) is 65.2 Å². The second-order valence-corrected chi connectivity index (χ2v) is 13.8. The molecule has 1 atom stereocenters. The van der Waals surface area contributed by atoms with Gasteiger partial charge in [0.05, 0.1) is 12.2 Å². The van der Waals surface area contributed by atoms with Crippen LogP contribution in [0.15, 0.2) is 90.1 Å². The van der Waals surface area contributed by atoms with Crippen molar-refractivity contribution in [2.75, 3.05) is 6.61 Å². The number of aromatic nitrogens is 3. The molecule has 0 amide bonds. The van der Waals surface area contributed by atoms with Gasteiger partial charge in [-0.05, 0) is 75.7 Å². The van der Waals surface area contributed by atoms with Crippen molar-refractivity contribution in [3.8, 4) is 34.3 Å². The first kappa shape index (κ1) is 30.5. The molecular formula is C40H41N3O2S. The third kappa shape index (κ3) is 6.28. The molecule has 5 aromatic carbocycles. The Morgan fingerprint density at radius 2 is 1.48 bits per heavy atom. The Morgan fingerprint density at radius 1 is 0.761 bits per heavy atom. The lowest BCUT2D eigenvalue weighted by molar-refractivity contribution is 0.232. The van der Waals surface area contributed by atoms with Crippen molar-refractivity contribution in [1.82, 2.24) is 15.0 Å². The SMILES string of the molecule is CCCCC(CC)COc1ccc(-c2nc(SC3CCCC3)nc(-c3cc4c5ccccc5ccc4c4ccccc34)n2)c(O)c1. The summed E-state index contributed by atoms with van der Waals surface area (Å²) in [5.74, 6) is 2.39. The lowest BCUT2D eigenvalue weighted by atomic mass is 9.93. The summed E-state index contributed by atoms with van der Waals surface area (Å²) in [4.78, 5) is 15.1. The highest BCUT2D eigenvalue weighted by Gasteiger charge is 2.22. The van der Waals surface area contributed by atoms with E-state index >= 15 is 0 Å². The van der Waals surface area contributed by atoms with E-state index in [0.29, 0.717) is 45.9 Å². The first-order valence-electron chi connectivity index (χ1n) is 16.8. The molecule has 0 spiro atoms. The minimum atomic E-state index is 0.113. The average Bonchev–Trinajstić information content (AvgIpc) is 3.60. The molecule has 1 unspecified atom stereocenters. The molecule has 1 aliphatic carbocycles. The fourth-order valence-corrected chi connectivity index (χ4v) is 7.90. The molecule has 6 heteroatoms. The Hall–Kier alpha value is -4.16. The minimum Gasteiger partial charge on any atom is -0.507 e. The van der Waals surface area contributed by atoms with Crippen LogP contribution in [-0.2, 0) is 0 Å². The maximum Gasteiger partial charge on any atom is 0.191 e. The van der Waals surface area contributed by atoms with E-state index in [-0.39, 0.29) is 5.75 Å². The number of thioether (sulfide) groups is 1. The number of rotatable bonds is 11. The number of phenols is 1. The Morgan fingerprint density at radius 3 is 2.24 bits per heavy atom. The summed E-state index contributed by atoms with van der Waals surface area (Å²) in [5.41, 5.74) is 1.55. The zero-order valence-electron chi connectivity index (χ0n) is 26.7. The lowest BCUT2D eigenvalue weighted by Gasteiger charge is -2.16. The molecule has 5 nitrogen and oxygen atoms in total. The van der Waals surface area contributed by atoms with Crippen LogP contribution in [0, 0.1) is 5.92 Å². The Balaban J connectivity index is 1.33. The second kappa shape index (κ2) is 13.7. The van der Waals surface area contributed by atoms with E-state index in [1.54, 1.807) is 17.8 Å². The van der Waals surface area contributed by atoms with E-state index in [1.807, 2.05) is 12.1 Å². The molecular weight excluding hydrogens is 587 g/mol. The summed E-state index contributed by atoms with van der Waals surface area (Å²) >= 11 is 1.74. The molecule has 1 heterocycles. The summed E-state index contributed by atoms with van der Waals surface area (Å²) in [6.07, 6.45) is 9.45. The quantitative estimate of drug-likeness (QED) is 0.144. The van der Waals surface area contributed by atoms with Crippen molar-refractivity contribution < 1.29 is 9.84 Å². The third-order valence-corrected chi connectivity index (χ3v) is 10.6. The van der Waals surface area contributed by atoms with Gasteiger partial charge < -0.3 is 9.84 Å². The van der Waals surface area contributed by atoms with Crippen LogP contribution in [-0.4, -0.2) is 31.9 Å². The fourth-order valence-electron chi connectivity index (χ4n) is 6.75. The average molecular weight is 628 g/mol. The molecule has 0 saturated heterocycles. The van der Waals surface area contributed by atoms with Crippen molar-refractivity contribution in [2.45, 2.75) is 75.6 Å². The van der Waals surface area contributed by atoms with Crippen LogP contribution < -0.4 is 4.74 Å². The molecule has 0 bridgehead atoms. The van der Waals surface area contributed by atoms with Gasteiger partial charge >= 0.3 is 0 Å². The summed E-state index contributed by atoms with van der Waals surface area (Å²) in [5, 5.41) is 19.5. The van der Waals surface area contributed by atoms with Crippen LogP contribution in [0.2, 0.25) is 0 Å². The van der Waals surface area contributed by atoms with Crippen molar-refractivity contribution in [2.24, 2.45) is 5.92 Å². The number of benzene rings is 5. The molecule has 1 N–H and O–H groups in total. The molecule has 46 heavy (non-hydrogen) atoms. The van der Waals surface area contributed by atoms with E-state index in [1.165, 1.54) is 65.5 Å². The maximum atomic E-state index is 11.3. The standard InChI is InChI=1S/C40H41N3O2S/c1-3-5-12-26(4-2)25-45-28-20-22-34(37(44)23-28)38-41-39(43-40(42-38)46-29-14-7-8-15-29)36-24-35-30-16-9-6-13-27(30)19-21-33(35)31-17-10-11-18-32(31)36/h6,9-11,13,16-24,26,29,44H,3-5,7-8,12,14-15,25H2,1-2H3. The van der Waals surface area contributed by atoms with Gasteiger partial charge in [0.25, 0.3) is 0 Å². The summed E-state index contributed by atoms with van der Waals surface area (Å²) in [7, 11) is 0. The van der Waals surface area contributed by atoms with E-state index < -0.39 is 0 Å². The number of hydrogen-bond acceptors (Lipinski definition) is 6. The number of nitrogens with zero attached hydrogens (tertiary/aromatic N) is 3. The van der Waals surface area contributed by atoms with Crippen LogP contribution in [0.25, 0.3) is 55.1 Å². The highest BCUT2D eigenvalue weighted by Crippen LogP contribution is 2.40. The third-order valence-electron chi connectivity index (χ3n) is 9.44. The van der Waals surface area contributed by atoms with Gasteiger partial charge in [-0.1, -0.05) is 118 Å². The maximum absolute atomic E-state index is 11.3. The number of hydrogen-bond donors (Lipinski definition) is 1. The molecule has 0 radical (unpaired) electrons. The van der Waals surface area contributed by atoms with Crippen LogP contribution in [0.5, 0.6) is 11.5 Å². The zero-order chi connectivity index (χ0) is 31.5. The first-order chi connectivity index (χ1) is 22.6. The summed E-state index contributed by atoms with van der Waals surface area (Å²) in [6.45, 7) is 5.08. The molecule has 1 aromatic heterocycles. The van der Waals surface area contributed by atoms with Crippen LogP contribution >= 0.6 is 11.8 Å². The highest BCUT2D eigenvalue weighted by molar-refractivity contribution is 7.99. The van der Waals surface area contributed by atoms with Gasteiger partial charge in [-0.15, -0.1) is 0 Å². The zero-order valence-corrected chi connectivity index (χ0v) is 27.5. The number of phenolic OH excluding ortho intramolecular Hbond substituents is 1. The van der Waals surface area contributed by atoms with E-state index in [2.05, 4.69) is 80.6 Å². The number of fused-ring (bicyclic) bond motifs is 5. The predicted octanol–water partition coefficient (Wildman–Crippen LogP) is 11.0. The molecule has 7 rings (SSSR count). The first-order valence-corrected chi connectivity index (χ1v) is 17.7. The fraction of sp³-hybridized carbons (Fsp3) is 0.325. The van der Waals surface area contributed by atoms with E-state index in [9.17, 15) is 5.11 Å². The molecule has 1 aliphatic rings. The molecule has 1 fully saturated rings. The highest BCUT2D eigenvalue weighted by atomic mass is 32.2. The Kier molecular flexibility index (Phi) is 9.07. The van der Waals surface area contributed by atoms with Gasteiger partial charge in [0.1, 0.15) is 11.5 Å². The second-order valence-electron chi connectivity index (χ2n) is 12.5. The van der Waals surface area contributed by atoms with E-state index in [0.717, 1.165) is 23.8 Å². The van der Waals surface area contributed by atoms with Gasteiger partial charge in [-0.3, -0.25) is 0 Å². The normalized spacial score (nSPS) is 14.4. The topological polar surface area (TPSA) is 68.1 Å². The molecule has 6 aromatic rings. The van der Waals surface area contributed by atoms with Crippen molar-refractivity contribution >= 4 is 44.1 Å². The molecule has 0 aliphatic heterocycles. The van der Waals surface area contributed by atoms with Gasteiger partial charge in [0, 0.05) is 16.9 Å². The summed E-state index contributed by atoms with van der Waals surface area (Å²) in [6, 6.07) is 29.2. The Bertz CT molecular complexity index is 2000. The molecule has 234 valence electrons. The Labute approximate surface area is 275 Å². The van der Waals surface area contributed by atoms with E-state index in [4.69, 9.17) is 19.7 Å². The minimum absolute atomic E-state index is 0.113. The summed E-state index contributed by atoms with van der Waals surface area (Å²) < 4.78 is 6.14. The largest absolute Gasteiger partial charge is 0.507 e. The lowest BCUT2D eigenvalue weighted by Crippen LogP contribution is -2.11. The monoisotopic (exact) mass is 627 g/mol. The van der Waals surface area contributed by atoms with Crippen LogP contribution in [0.3, 0.4) is 0 Å². The number of unbranched alkanes of at least 4 members (excludes halogenated alkanes) is 1. The van der Waals surface area contributed by atoms with Gasteiger partial charge in [-0.25, -0.2) is 15.0 Å². The van der Waals surface area contributed by atoms with Crippen molar-refractivity contribution in [3.63, 3.8) is 0 Å². The van der Waals surface area contributed by atoms with Crippen molar-refractivity contribution in [3.05, 3.63) is 84.9 Å². The predicted molar refractivity (Wildman–Crippen MR) is 192 cm³/mol. The molecule has 1 saturated carbocycles. The van der Waals surface area contributed by atoms with Gasteiger partial charge in [0.2, 0.25) is 0 Å². The van der Waals surface area contributed by atoms with Gasteiger partial charge in [-0.2, -0.15) is 0 Å². The number of ether oxygens (including phenoxy) is 1. The number of aromatic hydroxyl groups is 1. The smallest absolute Gasteiger partial charge is 0.191 e. The van der Waals surface area contributed by atoms with Gasteiger partial charge in [0.15, 0.2) is 16.8 Å².